The minimum atomic E-state index is -0.804. The van der Waals surface area contributed by atoms with Crippen LogP contribution in [0.1, 0.15) is 37.6 Å². The lowest BCUT2D eigenvalue weighted by molar-refractivity contribution is -0.129. The summed E-state index contributed by atoms with van der Waals surface area (Å²) < 4.78 is 11.2. The number of carbonyl (C=O) groups is 1. The molecule has 1 aliphatic heterocycles. The summed E-state index contributed by atoms with van der Waals surface area (Å²) >= 11 is 0. The third-order valence-corrected chi connectivity index (χ3v) is 4.77. The average molecular weight is 308 g/mol. The number of nitrogens with zero attached hydrogens (tertiary/aromatic N) is 1. The van der Waals surface area contributed by atoms with Crippen LogP contribution in [0.25, 0.3) is 0 Å². The molecule has 3 unspecified atom stereocenters. The molecule has 5 heteroatoms. The molecule has 1 fully saturated rings. The molecular weight excluding hydrogens is 284 g/mol. The normalized spacial score (nSPS) is 23.6. The molecule has 3 atom stereocenters. The molecular formula is C16H24N2O2S. The summed E-state index contributed by atoms with van der Waals surface area (Å²) in [4.78, 5) is 14.1. The van der Waals surface area contributed by atoms with Gasteiger partial charge in [0.25, 0.3) is 0 Å². The van der Waals surface area contributed by atoms with Crippen LogP contribution in [-0.4, -0.2) is 39.6 Å². The van der Waals surface area contributed by atoms with Gasteiger partial charge < -0.3 is 4.90 Å². The number of hydrogen-bond donors (Lipinski definition) is 1. The van der Waals surface area contributed by atoms with E-state index in [1.54, 1.807) is 6.26 Å². The van der Waals surface area contributed by atoms with Gasteiger partial charge in [0.05, 0.1) is 6.04 Å². The van der Waals surface area contributed by atoms with Crippen LogP contribution in [-0.2, 0) is 22.0 Å². The Bertz CT molecular complexity index is 516. The van der Waals surface area contributed by atoms with Gasteiger partial charge >= 0.3 is 0 Å². The standard InChI is InChI=1S/C16H24N2O2S/c1-4-13-6-8-14(9-7-13)15-17-12(2)16(19)18(15)10-5-11-21(3)20/h6-9,12,15,17H,4-5,10-11H2,1-3H3. The van der Waals surface area contributed by atoms with Gasteiger partial charge in [0.1, 0.15) is 6.17 Å². The molecule has 21 heavy (non-hydrogen) atoms. The Morgan fingerprint density at radius 2 is 1.95 bits per heavy atom. The Labute approximate surface area is 129 Å². The van der Waals surface area contributed by atoms with Crippen molar-refractivity contribution in [1.82, 2.24) is 10.2 Å². The van der Waals surface area contributed by atoms with Crippen LogP contribution in [0.4, 0.5) is 0 Å². The van der Waals surface area contributed by atoms with Gasteiger partial charge in [-0.3, -0.25) is 14.3 Å². The smallest absolute Gasteiger partial charge is 0.241 e. The van der Waals surface area contributed by atoms with E-state index in [1.165, 1.54) is 5.56 Å². The summed E-state index contributed by atoms with van der Waals surface area (Å²) in [5, 5.41) is 3.35. The molecule has 0 aliphatic carbocycles. The average Bonchev–Trinajstić information content (AvgIpc) is 2.75. The van der Waals surface area contributed by atoms with Crippen molar-refractivity contribution < 1.29 is 9.00 Å². The topological polar surface area (TPSA) is 49.4 Å². The maximum absolute atomic E-state index is 12.3. The van der Waals surface area contributed by atoms with Crippen LogP contribution in [0, 0.1) is 0 Å². The van der Waals surface area contributed by atoms with E-state index in [0.29, 0.717) is 12.3 Å². The van der Waals surface area contributed by atoms with Crippen molar-refractivity contribution in [3.05, 3.63) is 35.4 Å². The number of nitrogens with one attached hydrogen (secondary N) is 1. The number of amides is 1. The first kappa shape index (κ1) is 16.2. The Morgan fingerprint density at radius 1 is 1.29 bits per heavy atom. The molecule has 4 nitrogen and oxygen atoms in total. The second-order valence-electron chi connectivity index (χ2n) is 5.55. The summed E-state index contributed by atoms with van der Waals surface area (Å²) in [5.74, 6) is 0.765. The molecule has 0 radical (unpaired) electrons. The minimum Gasteiger partial charge on any atom is -0.322 e. The number of carbonyl (C=O) groups excluding carboxylic acids is 1. The first-order valence-corrected chi connectivity index (χ1v) is 9.21. The fraction of sp³-hybridized carbons (Fsp3) is 0.562. The van der Waals surface area contributed by atoms with Crippen molar-refractivity contribution in [1.29, 1.82) is 0 Å². The monoisotopic (exact) mass is 308 g/mol. The zero-order valence-corrected chi connectivity index (χ0v) is 13.8. The molecule has 1 heterocycles. The summed E-state index contributed by atoms with van der Waals surface area (Å²) in [6.45, 7) is 4.68. The summed E-state index contributed by atoms with van der Waals surface area (Å²) in [7, 11) is -0.804. The lowest BCUT2D eigenvalue weighted by Crippen LogP contribution is -2.32. The Morgan fingerprint density at radius 3 is 2.52 bits per heavy atom. The van der Waals surface area contributed by atoms with Crippen molar-refractivity contribution >= 4 is 16.7 Å². The SMILES string of the molecule is CCc1ccc(C2NC(C)C(=O)N2CCCS(C)=O)cc1. The quantitative estimate of drug-likeness (QED) is 0.872. The van der Waals surface area contributed by atoms with Crippen LogP contribution in [0.2, 0.25) is 0 Å². The largest absolute Gasteiger partial charge is 0.322 e. The summed E-state index contributed by atoms with van der Waals surface area (Å²) in [5.41, 5.74) is 2.41. The van der Waals surface area contributed by atoms with Gasteiger partial charge in [0, 0.05) is 29.4 Å². The molecule has 1 aromatic rings. The van der Waals surface area contributed by atoms with E-state index in [0.717, 1.165) is 18.4 Å². The molecule has 116 valence electrons. The first-order valence-electron chi connectivity index (χ1n) is 7.48. The van der Waals surface area contributed by atoms with Crippen LogP contribution in [0.5, 0.6) is 0 Å². The lowest BCUT2D eigenvalue weighted by atomic mass is 10.1. The van der Waals surface area contributed by atoms with Gasteiger partial charge in [-0.05, 0) is 30.9 Å². The van der Waals surface area contributed by atoms with Crippen molar-refractivity contribution in [2.75, 3.05) is 18.6 Å². The minimum absolute atomic E-state index is 0.0660. The zero-order valence-electron chi connectivity index (χ0n) is 13.0. The highest BCUT2D eigenvalue weighted by Crippen LogP contribution is 2.25. The Balaban J connectivity index is 2.10. The fourth-order valence-corrected chi connectivity index (χ4v) is 3.20. The van der Waals surface area contributed by atoms with Gasteiger partial charge in [-0.2, -0.15) is 0 Å². The van der Waals surface area contributed by atoms with E-state index in [9.17, 15) is 9.00 Å². The predicted octanol–water partition coefficient (Wildman–Crippen LogP) is 1.84. The molecule has 0 aromatic heterocycles. The molecule has 0 bridgehead atoms. The van der Waals surface area contributed by atoms with Crippen LogP contribution >= 0.6 is 0 Å². The molecule has 1 saturated heterocycles. The van der Waals surface area contributed by atoms with Gasteiger partial charge in [-0.15, -0.1) is 0 Å². The van der Waals surface area contributed by atoms with Gasteiger partial charge in [-0.25, -0.2) is 0 Å². The Hall–Kier alpha value is -1.20. The van der Waals surface area contributed by atoms with E-state index >= 15 is 0 Å². The van der Waals surface area contributed by atoms with Gasteiger partial charge in [0.2, 0.25) is 5.91 Å². The highest BCUT2D eigenvalue weighted by atomic mass is 32.2. The molecule has 1 amide bonds. The van der Waals surface area contributed by atoms with E-state index < -0.39 is 10.8 Å². The Kier molecular flexibility index (Phi) is 5.53. The molecule has 1 aliphatic rings. The van der Waals surface area contributed by atoms with E-state index in [4.69, 9.17) is 0 Å². The zero-order chi connectivity index (χ0) is 15.4. The maximum Gasteiger partial charge on any atom is 0.241 e. The van der Waals surface area contributed by atoms with Crippen molar-refractivity contribution in [2.24, 2.45) is 0 Å². The summed E-state index contributed by atoms with van der Waals surface area (Å²) in [6, 6.07) is 8.25. The molecule has 1 aromatic carbocycles. The number of rotatable bonds is 6. The van der Waals surface area contributed by atoms with Crippen LogP contribution < -0.4 is 5.32 Å². The van der Waals surface area contributed by atoms with Crippen molar-refractivity contribution in [3.63, 3.8) is 0 Å². The van der Waals surface area contributed by atoms with Crippen LogP contribution in [0.3, 0.4) is 0 Å². The van der Waals surface area contributed by atoms with E-state index in [2.05, 4.69) is 36.5 Å². The maximum atomic E-state index is 12.3. The molecule has 0 saturated carbocycles. The highest BCUT2D eigenvalue weighted by molar-refractivity contribution is 7.84. The lowest BCUT2D eigenvalue weighted by Gasteiger charge is -2.24. The van der Waals surface area contributed by atoms with Crippen LogP contribution in [0.15, 0.2) is 24.3 Å². The van der Waals surface area contributed by atoms with Crippen molar-refractivity contribution in [3.8, 4) is 0 Å². The third-order valence-electron chi connectivity index (χ3n) is 3.91. The van der Waals surface area contributed by atoms with E-state index in [-0.39, 0.29) is 18.1 Å². The number of hydrogen-bond acceptors (Lipinski definition) is 3. The number of aryl methyl sites for hydroxylation is 1. The number of benzene rings is 1. The highest BCUT2D eigenvalue weighted by Gasteiger charge is 2.36. The molecule has 0 spiro atoms. The van der Waals surface area contributed by atoms with E-state index in [1.807, 2.05) is 11.8 Å². The fourth-order valence-electron chi connectivity index (χ4n) is 2.66. The second-order valence-corrected chi connectivity index (χ2v) is 7.10. The second kappa shape index (κ2) is 7.18. The van der Waals surface area contributed by atoms with Gasteiger partial charge in [-0.1, -0.05) is 31.2 Å². The first-order chi connectivity index (χ1) is 10.0. The predicted molar refractivity (Wildman–Crippen MR) is 86.4 cm³/mol. The van der Waals surface area contributed by atoms with Gasteiger partial charge in [0.15, 0.2) is 0 Å². The molecule has 1 N–H and O–H groups in total. The molecule has 2 rings (SSSR count). The van der Waals surface area contributed by atoms with Crippen molar-refractivity contribution in [2.45, 2.75) is 38.9 Å². The third kappa shape index (κ3) is 3.92. The summed E-state index contributed by atoms with van der Waals surface area (Å²) in [6.07, 6.45) is 3.42.